The number of aliphatic hydroxyl groups is 1. The van der Waals surface area contributed by atoms with E-state index >= 15 is 0 Å². The van der Waals surface area contributed by atoms with Crippen molar-refractivity contribution in [3.8, 4) is 0 Å². The van der Waals surface area contributed by atoms with Crippen LogP contribution in [0.1, 0.15) is 22.3 Å². The predicted molar refractivity (Wildman–Crippen MR) is 91.5 cm³/mol. The summed E-state index contributed by atoms with van der Waals surface area (Å²) in [6.45, 7) is 2.03. The van der Waals surface area contributed by atoms with Crippen molar-refractivity contribution in [1.82, 2.24) is 5.32 Å². The number of nitrogens with one attached hydrogen (secondary N) is 1. The van der Waals surface area contributed by atoms with Crippen LogP contribution in [0.5, 0.6) is 0 Å². The van der Waals surface area contributed by atoms with Gasteiger partial charge in [0.25, 0.3) is 0 Å². The standard InChI is InChI=1S/C18H20FNO2S/c1-13-3-2-4-15(7-13)11-23-12-18(22)20-9-14-5-6-17(19)16(8-14)10-21/h2-8,21H,9-12H2,1H3,(H,20,22). The van der Waals surface area contributed by atoms with Gasteiger partial charge < -0.3 is 10.4 Å². The zero-order chi connectivity index (χ0) is 16.7. The van der Waals surface area contributed by atoms with E-state index in [1.807, 2.05) is 25.1 Å². The summed E-state index contributed by atoms with van der Waals surface area (Å²) in [7, 11) is 0. The molecule has 2 aromatic carbocycles. The number of carbonyl (C=O) groups excluding carboxylic acids is 1. The molecule has 0 aliphatic carbocycles. The summed E-state index contributed by atoms with van der Waals surface area (Å²) in [4.78, 5) is 11.8. The quantitative estimate of drug-likeness (QED) is 0.818. The molecule has 2 aromatic rings. The molecule has 0 aromatic heterocycles. The van der Waals surface area contributed by atoms with Gasteiger partial charge in [-0.2, -0.15) is 0 Å². The molecule has 0 fully saturated rings. The Labute approximate surface area is 139 Å². The molecule has 0 saturated heterocycles. The van der Waals surface area contributed by atoms with Gasteiger partial charge in [0, 0.05) is 17.9 Å². The Kier molecular flexibility index (Phi) is 6.62. The summed E-state index contributed by atoms with van der Waals surface area (Å²) >= 11 is 1.56. The van der Waals surface area contributed by atoms with Gasteiger partial charge in [-0.25, -0.2) is 4.39 Å². The van der Waals surface area contributed by atoms with Gasteiger partial charge >= 0.3 is 0 Å². The van der Waals surface area contributed by atoms with Crippen LogP contribution in [-0.2, 0) is 23.7 Å². The van der Waals surface area contributed by atoms with Crippen molar-refractivity contribution >= 4 is 17.7 Å². The Hall–Kier alpha value is -1.85. The maximum absolute atomic E-state index is 13.3. The summed E-state index contributed by atoms with van der Waals surface area (Å²) in [5, 5.41) is 11.8. The first-order chi connectivity index (χ1) is 11.1. The predicted octanol–water partition coefficient (Wildman–Crippen LogP) is 3.18. The van der Waals surface area contributed by atoms with Gasteiger partial charge in [0.05, 0.1) is 12.4 Å². The third-order valence-electron chi connectivity index (χ3n) is 3.35. The highest BCUT2D eigenvalue weighted by molar-refractivity contribution is 7.99. The Bertz CT molecular complexity index is 676. The molecule has 0 saturated carbocycles. The molecular weight excluding hydrogens is 313 g/mol. The largest absolute Gasteiger partial charge is 0.392 e. The lowest BCUT2D eigenvalue weighted by atomic mass is 10.1. The summed E-state index contributed by atoms with van der Waals surface area (Å²) in [5.74, 6) is 0.677. The fourth-order valence-electron chi connectivity index (χ4n) is 2.17. The SMILES string of the molecule is Cc1cccc(CSCC(=O)NCc2ccc(F)c(CO)c2)c1. The fraction of sp³-hybridized carbons (Fsp3) is 0.278. The molecule has 122 valence electrons. The normalized spacial score (nSPS) is 10.6. The van der Waals surface area contributed by atoms with Crippen LogP contribution >= 0.6 is 11.8 Å². The average molecular weight is 333 g/mol. The highest BCUT2D eigenvalue weighted by atomic mass is 32.2. The molecule has 23 heavy (non-hydrogen) atoms. The molecule has 0 bridgehead atoms. The monoisotopic (exact) mass is 333 g/mol. The Morgan fingerprint density at radius 3 is 2.78 bits per heavy atom. The number of rotatable bonds is 7. The van der Waals surface area contributed by atoms with Gasteiger partial charge in [-0.15, -0.1) is 11.8 Å². The number of amides is 1. The van der Waals surface area contributed by atoms with Crippen molar-refractivity contribution in [2.24, 2.45) is 0 Å². The molecule has 5 heteroatoms. The second-order valence-electron chi connectivity index (χ2n) is 5.34. The number of thioether (sulfide) groups is 1. The van der Waals surface area contributed by atoms with Gasteiger partial charge in [-0.05, 0) is 30.2 Å². The number of aliphatic hydroxyl groups excluding tert-OH is 1. The molecule has 0 heterocycles. The lowest BCUT2D eigenvalue weighted by Gasteiger charge is -2.07. The minimum atomic E-state index is -0.434. The number of benzene rings is 2. The van der Waals surface area contributed by atoms with Crippen molar-refractivity contribution in [3.63, 3.8) is 0 Å². The maximum atomic E-state index is 13.3. The number of aryl methyl sites for hydroxylation is 1. The lowest BCUT2D eigenvalue weighted by Crippen LogP contribution is -2.24. The fourth-order valence-corrected chi connectivity index (χ4v) is 2.98. The van der Waals surface area contributed by atoms with Crippen LogP contribution in [0.2, 0.25) is 0 Å². The first-order valence-electron chi connectivity index (χ1n) is 7.36. The molecule has 0 aliphatic rings. The number of carbonyl (C=O) groups is 1. The van der Waals surface area contributed by atoms with Gasteiger partial charge in [0.2, 0.25) is 5.91 Å². The molecule has 0 unspecified atom stereocenters. The van der Waals surface area contributed by atoms with E-state index in [4.69, 9.17) is 5.11 Å². The second-order valence-corrected chi connectivity index (χ2v) is 6.33. The van der Waals surface area contributed by atoms with Crippen LogP contribution in [0.25, 0.3) is 0 Å². The number of hydrogen-bond donors (Lipinski definition) is 2. The molecule has 0 radical (unpaired) electrons. The molecule has 0 atom stereocenters. The Balaban J connectivity index is 1.75. The highest BCUT2D eigenvalue weighted by Crippen LogP contribution is 2.14. The number of halogens is 1. The van der Waals surface area contributed by atoms with E-state index in [0.29, 0.717) is 12.3 Å². The van der Waals surface area contributed by atoms with Crippen LogP contribution in [-0.4, -0.2) is 16.8 Å². The lowest BCUT2D eigenvalue weighted by molar-refractivity contribution is -0.118. The van der Waals surface area contributed by atoms with Crippen LogP contribution in [0, 0.1) is 12.7 Å². The van der Waals surface area contributed by atoms with E-state index in [2.05, 4.69) is 11.4 Å². The van der Waals surface area contributed by atoms with E-state index in [0.717, 1.165) is 11.3 Å². The topological polar surface area (TPSA) is 49.3 Å². The third-order valence-corrected chi connectivity index (χ3v) is 4.36. The van der Waals surface area contributed by atoms with Crippen molar-refractivity contribution in [1.29, 1.82) is 0 Å². The molecular formula is C18H20FNO2S. The van der Waals surface area contributed by atoms with Gasteiger partial charge in [-0.3, -0.25) is 4.79 Å². The molecule has 0 aliphatic heterocycles. The van der Waals surface area contributed by atoms with E-state index < -0.39 is 5.82 Å². The average Bonchev–Trinajstić information content (AvgIpc) is 2.54. The van der Waals surface area contributed by atoms with Crippen molar-refractivity contribution in [2.45, 2.75) is 25.8 Å². The van der Waals surface area contributed by atoms with Gasteiger partial charge in [-0.1, -0.05) is 35.9 Å². The minimum absolute atomic E-state index is 0.0578. The minimum Gasteiger partial charge on any atom is -0.392 e. The van der Waals surface area contributed by atoms with Crippen LogP contribution in [0.15, 0.2) is 42.5 Å². The van der Waals surface area contributed by atoms with Crippen molar-refractivity contribution in [2.75, 3.05) is 5.75 Å². The number of hydrogen-bond acceptors (Lipinski definition) is 3. The molecule has 0 spiro atoms. The highest BCUT2D eigenvalue weighted by Gasteiger charge is 2.05. The first kappa shape index (κ1) is 17.5. The van der Waals surface area contributed by atoms with Gasteiger partial charge in [0.1, 0.15) is 5.82 Å². The summed E-state index contributed by atoms with van der Waals surface area (Å²) < 4.78 is 13.3. The van der Waals surface area contributed by atoms with Crippen LogP contribution in [0.4, 0.5) is 4.39 Å². The van der Waals surface area contributed by atoms with Crippen LogP contribution < -0.4 is 5.32 Å². The molecule has 3 nitrogen and oxygen atoms in total. The van der Waals surface area contributed by atoms with Crippen molar-refractivity contribution < 1.29 is 14.3 Å². The molecule has 2 rings (SSSR count). The van der Waals surface area contributed by atoms with E-state index in [1.54, 1.807) is 23.9 Å². The molecule has 2 N–H and O–H groups in total. The summed E-state index contributed by atoms with van der Waals surface area (Å²) in [6.07, 6.45) is 0. The Morgan fingerprint density at radius 1 is 1.22 bits per heavy atom. The van der Waals surface area contributed by atoms with Crippen LogP contribution in [0.3, 0.4) is 0 Å². The third kappa shape index (κ3) is 5.69. The van der Waals surface area contributed by atoms with E-state index in [-0.39, 0.29) is 18.1 Å². The molecule has 1 amide bonds. The first-order valence-corrected chi connectivity index (χ1v) is 8.52. The summed E-state index contributed by atoms with van der Waals surface area (Å²) in [6, 6.07) is 12.7. The van der Waals surface area contributed by atoms with Gasteiger partial charge in [0.15, 0.2) is 0 Å². The van der Waals surface area contributed by atoms with E-state index in [9.17, 15) is 9.18 Å². The van der Waals surface area contributed by atoms with Crippen molar-refractivity contribution in [3.05, 3.63) is 70.5 Å². The maximum Gasteiger partial charge on any atom is 0.230 e. The zero-order valence-electron chi connectivity index (χ0n) is 13.0. The smallest absolute Gasteiger partial charge is 0.230 e. The second kappa shape index (κ2) is 8.70. The van der Waals surface area contributed by atoms with E-state index in [1.165, 1.54) is 17.2 Å². The zero-order valence-corrected chi connectivity index (χ0v) is 13.8. The summed E-state index contributed by atoms with van der Waals surface area (Å²) in [5.41, 5.74) is 3.43. The Morgan fingerprint density at radius 2 is 2.04 bits per heavy atom.